The fraction of sp³-hybridized carbons (Fsp3) is 0.200. The van der Waals surface area contributed by atoms with Gasteiger partial charge in [-0.3, -0.25) is 4.98 Å². The lowest BCUT2D eigenvalue weighted by Gasteiger charge is -1.98. The summed E-state index contributed by atoms with van der Waals surface area (Å²) in [6.07, 6.45) is 4.41. The van der Waals surface area contributed by atoms with Gasteiger partial charge in [-0.05, 0) is 30.7 Å². The fourth-order valence-electron chi connectivity index (χ4n) is 2.27. The van der Waals surface area contributed by atoms with Gasteiger partial charge in [0, 0.05) is 24.6 Å². The Balaban J connectivity index is 1.91. The molecule has 6 heteroatoms. The normalized spacial score (nSPS) is 11.9. The summed E-state index contributed by atoms with van der Waals surface area (Å²) in [4.78, 5) is 12.1. The van der Waals surface area contributed by atoms with Crippen LogP contribution in [0.5, 0.6) is 0 Å². The highest BCUT2D eigenvalue weighted by atomic mass is 32.2. The molecule has 0 saturated heterocycles. The number of nitrogens with one attached hydrogen (secondary N) is 1. The molecule has 108 valence electrons. The second-order valence-corrected chi connectivity index (χ2v) is 6.91. The number of para-hydroxylation sites is 1. The van der Waals surface area contributed by atoms with Gasteiger partial charge in [-0.2, -0.15) is 0 Å². The van der Waals surface area contributed by atoms with E-state index in [-0.39, 0.29) is 4.90 Å². The first-order valence-corrected chi connectivity index (χ1v) is 8.51. The molecule has 3 rings (SSSR count). The summed E-state index contributed by atoms with van der Waals surface area (Å²) in [6, 6.07) is 10.9. The lowest BCUT2D eigenvalue weighted by Crippen LogP contribution is -1.98. The van der Waals surface area contributed by atoms with Crippen LogP contribution in [0.4, 0.5) is 0 Å². The van der Waals surface area contributed by atoms with Crippen molar-refractivity contribution in [3.8, 4) is 0 Å². The molecule has 0 aliphatic rings. The number of aryl methyl sites for hydroxylation is 2. The Morgan fingerprint density at radius 2 is 1.95 bits per heavy atom. The van der Waals surface area contributed by atoms with Crippen LogP contribution in [0.15, 0.2) is 47.5 Å². The molecular formula is C15H15N3O2S. The number of aromatic nitrogens is 3. The van der Waals surface area contributed by atoms with Crippen molar-refractivity contribution in [3.05, 3.63) is 54.1 Å². The third kappa shape index (κ3) is 2.95. The van der Waals surface area contributed by atoms with Gasteiger partial charge in [0.15, 0.2) is 9.84 Å². The summed E-state index contributed by atoms with van der Waals surface area (Å²) in [7, 11) is -3.28. The topological polar surface area (TPSA) is 75.7 Å². The van der Waals surface area contributed by atoms with Crippen LogP contribution in [0.3, 0.4) is 0 Å². The SMILES string of the molecule is CS(=O)(=O)c1cccc2[nH]c(CCc3ccccn3)nc12. The van der Waals surface area contributed by atoms with Gasteiger partial charge >= 0.3 is 0 Å². The Morgan fingerprint density at radius 1 is 1.10 bits per heavy atom. The van der Waals surface area contributed by atoms with Crippen LogP contribution >= 0.6 is 0 Å². The third-order valence-corrected chi connectivity index (χ3v) is 4.40. The number of benzene rings is 1. The minimum atomic E-state index is -3.28. The number of H-pyrrole nitrogens is 1. The van der Waals surface area contributed by atoms with Crippen LogP contribution in [0.1, 0.15) is 11.5 Å². The van der Waals surface area contributed by atoms with Crippen LogP contribution in [0.25, 0.3) is 11.0 Å². The summed E-state index contributed by atoms with van der Waals surface area (Å²) in [5.74, 6) is 0.770. The van der Waals surface area contributed by atoms with E-state index in [1.54, 1.807) is 18.3 Å². The van der Waals surface area contributed by atoms with E-state index in [2.05, 4.69) is 15.0 Å². The smallest absolute Gasteiger partial charge is 0.177 e. The van der Waals surface area contributed by atoms with Crippen molar-refractivity contribution in [2.24, 2.45) is 0 Å². The molecule has 0 saturated carbocycles. The Kier molecular flexibility index (Phi) is 3.47. The van der Waals surface area contributed by atoms with Crippen LogP contribution in [0.2, 0.25) is 0 Å². The van der Waals surface area contributed by atoms with Crippen molar-refractivity contribution in [1.82, 2.24) is 15.0 Å². The summed E-state index contributed by atoms with van der Waals surface area (Å²) in [6.45, 7) is 0. The van der Waals surface area contributed by atoms with Gasteiger partial charge in [-0.25, -0.2) is 13.4 Å². The highest BCUT2D eigenvalue weighted by Crippen LogP contribution is 2.21. The number of hydrogen-bond acceptors (Lipinski definition) is 4. The van der Waals surface area contributed by atoms with Gasteiger partial charge in [0.1, 0.15) is 11.3 Å². The van der Waals surface area contributed by atoms with Crippen molar-refractivity contribution >= 4 is 20.9 Å². The van der Waals surface area contributed by atoms with Gasteiger partial charge in [0.2, 0.25) is 0 Å². The molecule has 0 spiro atoms. The molecule has 1 aromatic carbocycles. The first kappa shape index (κ1) is 13.8. The molecule has 21 heavy (non-hydrogen) atoms. The standard InChI is InChI=1S/C15H15N3O2S/c1-21(19,20)13-7-4-6-12-15(13)18-14(17-12)9-8-11-5-2-3-10-16-11/h2-7,10H,8-9H2,1H3,(H,17,18). The highest BCUT2D eigenvalue weighted by molar-refractivity contribution is 7.91. The number of rotatable bonds is 4. The average Bonchev–Trinajstić information content (AvgIpc) is 2.87. The number of sulfone groups is 1. The number of fused-ring (bicyclic) bond motifs is 1. The molecule has 2 heterocycles. The third-order valence-electron chi connectivity index (χ3n) is 3.27. The second-order valence-electron chi connectivity index (χ2n) is 4.93. The molecule has 0 atom stereocenters. The lowest BCUT2D eigenvalue weighted by molar-refractivity contribution is 0.602. The average molecular weight is 301 g/mol. The van der Waals surface area contributed by atoms with Gasteiger partial charge in [0.05, 0.1) is 10.4 Å². The summed E-state index contributed by atoms with van der Waals surface area (Å²) in [5, 5.41) is 0. The molecule has 2 aromatic heterocycles. The largest absolute Gasteiger partial charge is 0.342 e. The van der Waals surface area contributed by atoms with Crippen LogP contribution in [-0.4, -0.2) is 29.6 Å². The summed E-state index contributed by atoms with van der Waals surface area (Å²) >= 11 is 0. The van der Waals surface area contributed by atoms with E-state index in [1.807, 2.05) is 24.3 Å². The Hall–Kier alpha value is -2.21. The Bertz CT molecular complexity index is 870. The predicted octanol–water partition coefficient (Wildman–Crippen LogP) is 2.15. The summed E-state index contributed by atoms with van der Waals surface area (Å²) in [5.41, 5.74) is 2.24. The minimum Gasteiger partial charge on any atom is -0.342 e. The molecule has 0 bridgehead atoms. The molecule has 0 unspecified atom stereocenters. The molecule has 0 fully saturated rings. The Morgan fingerprint density at radius 3 is 2.67 bits per heavy atom. The van der Waals surface area contributed by atoms with Gasteiger partial charge < -0.3 is 4.98 Å². The van der Waals surface area contributed by atoms with E-state index >= 15 is 0 Å². The predicted molar refractivity (Wildman–Crippen MR) is 80.8 cm³/mol. The van der Waals surface area contributed by atoms with Crippen LogP contribution < -0.4 is 0 Å². The van der Waals surface area contributed by atoms with E-state index < -0.39 is 9.84 Å². The van der Waals surface area contributed by atoms with E-state index in [4.69, 9.17) is 0 Å². The van der Waals surface area contributed by atoms with Gasteiger partial charge in [-0.1, -0.05) is 12.1 Å². The number of nitrogens with zero attached hydrogens (tertiary/aromatic N) is 2. The number of hydrogen-bond donors (Lipinski definition) is 1. The quantitative estimate of drug-likeness (QED) is 0.801. The molecule has 1 N–H and O–H groups in total. The van der Waals surface area contributed by atoms with Gasteiger partial charge in [0.25, 0.3) is 0 Å². The van der Waals surface area contributed by atoms with Crippen molar-refractivity contribution in [2.45, 2.75) is 17.7 Å². The molecule has 0 amide bonds. The first-order valence-electron chi connectivity index (χ1n) is 6.61. The number of pyridine rings is 1. The molecule has 0 aliphatic heterocycles. The van der Waals surface area contributed by atoms with Gasteiger partial charge in [-0.15, -0.1) is 0 Å². The van der Waals surface area contributed by atoms with Crippen molar-refractivity contribution in [2.75, 3.05) is 6.26 Å². The second kappa shape index (κ2) is 5.29. The highest BCUT2D eigenvalue weighted by Gasteiger charge is 2.15. The van der Waals surface area contributed by atoms with E-state index in [0.717, 1.165) is 23.5 Å². The van der Waals surface area contributed by atoms with E-state index in [9.17, 15) is 8.42 Å². The van der Waals surface area contributed by atoms with E-state index in [1.165, 1.54) is 6.26 Å². The number of imidazole rings is 1. The van der Waals surface area contributed by atoms with Crippen LogP contribution in [0, 0.1) is 0 Å². The van der Waals surface area contributed by atoms with Crippen molar-refractivity contribution < 1.29 is 8.42 Å². The minimum absolute atomic E-state index is 0.264. The zero-order chi connectivity index (χ0) is 14.9. The Labute approximate surface area is 123 Å². The lowest BCUT2D eigenvalue weighted by atomic mass is 10.2. The summed E-state index contributed by atoms with van der Waals surface area (Å²) < 4.78 is 23.5. The fourth-order valence-corrected chi connectivity index (χ4v) is 3.10. The number of aromatic amines is 1. The van der Waals surface area contributed by atoms with Crippen molar-refractivity contribution in [3.63, 3.8) is 0 Å². The van der Waals surface area contributed by atoms with Crippen molar-refractivity contribution in [1.29, 1.82) is 0 Å². The van der Waals surface area contributed by atoms with E-state index in [0.29, 0.717) is 11.9 Å². The maximum absolute atomic E-state index is 11.8. The molecular weight excluding hydrogens is 286 g/mol. The zero-order valence-corrected chi connectivity index (χ0v) is 12.4. The monoisotopic (exact) mass is 301 g/mol. The zero-order valence-electron chi connectivity index (χ0n) is 11.6. The molecule has 0 radical (unpaired) electrons. The first-order chi connectivity index (χ1) is 10.0. The van der Waals surface area contributed by atoms with Crippen LogP contribution in [-0.2, 0) is 22.7 Å². The maximum Gasteiger partial charge on any atom is 0.177 e. The maximum atomic E-state index is 11.8. The molecule has 3 aromatic rings. The molecule has 0 aliphatic carbocycles. The molecule has 5 nitrogen and oxygen atoms in total.